The summed E-state index contributed by atoms with van der Waals surface area (Å²) in [6.45, 7) is 3.55. The number of halogens is 1. The smallest absolute Gasteiger partial charge is 0.305 e. The Morgan fingerprint density at radius 2 is 2.07 bits per heavy atom. The Bertz CT molecular complexity index is 1050. The molecule has 27 heavy (non-hydrogen) atoms. The zero-order valence-electron chi connectivity index (χ0n) is 15.2. The topological polar surface area (TPSA) is 96.6 Å². The summed E-state index contributed by atoms with van der Waals surface area (Å²) in [4.78, 5) is 21.8. The van der Waals surface area contributed by atoms with Crippen LogP contribution in [0.5, 0.6) is 0 Å². The molecule has 0 spiro atoms. The number of aromatic nitrogens is 2. The number of nitroso groups, excluding NO2 is 1. The van der Waals surface area contributed by atoms with Crippen molar-refractivity contribution in [3.05, 3.63) is 57.9 Å². The van der Waals surface area contributed by atoms with Crippen molar-refractivity contribution in [2.24, 2.45) is 12.3 Å². The number of fused-ring (bicyclic) bond motifs is 1. The van der Waals surface area contributed by atoms with Crippen LogP contribution in [0.1, 0.15) is 29.2 Å². The fourth-order valence-corrected chi connectivity index (χ4v) is 3.36. The third-order valence-corrected chi connectivity index (χ3v) is 4.55. The second-order valence-corrected chi connectivity index (χ2v) is 6.56. The van der Waals surface area contributed by atoms with E-state index in [4.69, 9.17) is 5.11 Å². The molecule has 0 aliphatic heterocycles. The SMILES string of the molecule is Cc1cc(-c2c(C)ccc3nn(C)cc23)cc(C(CC(=O)O)NN=O)c1F. The van der Waals surface area contributed by atoms with Gasteiger partial charge in [0.2, 0.25) is 0 Å². The van der Waals surface area contributed by atoms with E-state index >= 15 is 0 Å². The van der Waals surface area contributed by atoms with E-state index in [1.165, 1.54) is 0 Å². The minimum atomic E-state index is -1.16. The van der Waals surface area contributed by atoms with Gasteiger partial charge in [-0.3, -0.25) is 14.9 Å². The lowest BCUT2D eigenvalue weighted by Crippen LogP contribution is -2.20. The molecule has 2 N–H and O–H groups in total. The van der Waals surface area contributed by atoms with Crippen LogP contribution in [0.4, 0.5) is 4.39 Å². The Kier molecular flexibility index (Phi) is 4.89. The van der Waals surface area contributed by atoms with Crippen LogP contribution in [0.25, 0.3) is 22.0 Å². The Balaban J connectivity index is 2.24. The van der Waals surface area contributed by atoms with E-state index in [0.29, 0.717) is 5.56 Å². The summed E-state index contributed by atoms with van der Waals surface area (Å²) < 4.78 is 16.5. The largest absolute Gasteiger partial charge is 0.481 e. The molecule has 7 nitrogen and oxygen atoms in total. The number of nitrogens with zero attached hydrogens (tertiary/aromatic N) is 3. The van der Waals surface area contributed by atoms with Crippen molar-refractivity contribution in [1.29, 1.82) is 0 Å². The molecule has 0 aliphatic carbocycles. The molecule has 3 aromatic rings. The van der Waals surface area contributed by atoms with E-state index in [0.717, 1.165) is 27.6 Å². The third-order valence-electron chi connectivity index (χ3n) is 4.55. The van der Waals surface area contributed by atoms with E-state index in [1.54, 1.807) is 23.7 Å². The van der Waals surface area contributed by atoms with Gasteiger partial charge in [-0.1, -0.05) is 6.07 Å². The van der Waals surface area contributed by atoms with Gasteiger partial charge in [0.25, 0.3) is 0 Å². The predicted molar refractivity (Wildman–Crippen MR) is 99.5 cm³/mol. The highest BCUT2D eigenvalue weighted by atomic mass is 19.1. The van der Waals surface area contributed by atoms with Gasteiger partial charge in [0.05, 0.1) is 23.3 Å². The van der Waals surface area contributed by atoms with Gasteiger partial charge in [-0.2, -0.15) is 5.10 Å². The van der Waals surface area contributed by atoms with Crippen LogP contribution in [0, 0.1) is 24.6 Å². The van der Waals surface area contributed by atoms with Gasteiger partial charge in [-0.15, -0.1) is 4.91 Å². The number of hydrogen-bond acceptors (Lipinski definition) is 4. The first-order valence-electron chi connectivity index (χ1n) is 8.35. The molecule has 0 bridgehead atoms. The summed E-state index contributed by atoms with van der Waals surface area (Å²) in [5.74, 6) is -1.72. The molecule has 0 fully saturated rings. The maximum atomic E-state index is 14.7. The lowest BCUT2D eigenvalue weighted by molar-refractivity contribution is -0.137. The first-order chi connectivity index (χ1) is 12.8. The number of nitrogens with one attached hydrogen (secondary N) is 1. The lowest BCUT2D eigenvalue weighted by Gasteiger charge is -2.18. The van der Waals surface area contributed by atoms with Crippen LogP contribution in [0.3, 0.4) is 0 Å². The Labute approximate surface area is 154 Å². The molecule has 0 aliphatic rings. The Morgan fingerprint density at radius 1 is 1.33 bits per heavy atom. The van der Waals surface area contributed by atoms with Crippen LogP contribution < -0.4 is 5.43 Å². The monoisotopic (exact) mass is 370 g/mol. The molecule has 0 amide bonds. The van der Waals surface area contributed by atoms with Crippen LogP contribution in [0.15, 0.2) is 35.7 Å². The molecule has 1 aromatic heterocycles. The highest BCUT2D eigenvalue weighted by molar-refractivity contribution is 5.96. The molecular weight excluding hydrogens is 351 g/mol. The lowest BCUT2D eigenvalue weighted by atomic mass is 9.91. The van der Waals surface area contributed by atoms with Crippen molar-refractivity contribution < 1.29 is 14.3 Å². The van der Waals surface area contributed by atoms with Gasteiger partial charge in [-0.25, -0.2) is 4.39 Å². The molecule has 8 heteroatoms. The second-order valence-electron chi connectivity index (χ2n) is 6.56. The van der Waals surface area contributed by atoms with E-state index in [1.807, 2.05) is 32.3 Å². The van der Waals surface area contributed by atoms with Gasteiger partial charge in [0, 0.05) is 24.2 Å². The summed E-state index contributed by atoms with van der Waals surface area (Å²) in [7, 11) is 1.82. The van der Waals surface area contributed by atoms with E-state index in [2.05, 4.69) is 15.8 Å². The van der Waals surface area contributed by atoms with E-state index in [-0.39, 0.29) is 5.56 Å². The van der Waals surface area contributed by atoms with Gasteiger partial charge in [-0.05, 0) is 54.3 Å². The summed E-state index contributed by atoms with van der Waals surface area (Å²) in [6.07, 6.45) is 1.41. The number of hydrogen-bond donors (Lipinski definition) is 2. The summed E-state index contributed by atoms with van der Waals surface area (Å²) >= 11 is 0. The highest BCUT2D eigenvalue weighted by Gasteiger charge is 2.22. The molecule has 1 atom stereocenters. The molecule has 1 unspecified atom stereocenters. The van der Waals surface area contributed by atoms with Crippen molar-refractivity contribution in [3.8, 4) is 11.1 Å². The predicted octanol–water partition coefficient (Wildman–Crippen LogP) is 3.78. The van der Waals surface area contributed by atoms with E-state index in [9.17, 15) is 14.1 Å². The summed E-state index contributed by atoms with van der Waals surface area (Å²) in [6, 6.07) is 6.06. The van der Waals surface area contributed by atoms with Crippen molar-refractivity contribution in [2.75, 3.05) is 0 Å². The Morgan fingerprint density at radius 3 is 2.74 bits per heavy atom. The van der Waals surface area contributed by atoms with Crippen molar-refractivity contribution in [1.82, 2.24) is 15.2 Å². The number of benzene rings is 2. The number of carbonyl (C=O) groups is 1. The van der Waals surface area contributed by atoms with Crippen molar-refractivity contribution in [2.45, 2.75) is 26.3 Å². The highest BCUT2D eigenvalue weighted by Crippen LogP contribution is 2.35. The van der Waals surface area contributed by atoms with Crippen molar-refractivity contribution in [3.63, 3.8) is 0 Å². The maximum Gasteiger partial charge on any atom is 0.305 e. The average Bonchev–Trinajstić information content (AvgIpc) is 2.97. The van der Waals surface area contributed by atoms with E-state index < -0.39 is 24.2 Å². The molecule has 3 rings (SSSR count). The maximum absolute atomic E-state index is 14.7. The quantitative estimate of drug-likeness (QED) is 0.508. The number of aryl methyl sites for hydroxylation is 3. The van der Waals surface area contributed by atoms with Gasteiger partial charge in [0.1, 0.15) is 5.82 Å². The van der Waals surface area contributed by atoms with Gasteiger partial charge >= 0.3 is 5.97 Å². The molecule has 140 valence electrons. The third kappa shape index (κ3) is 3.51. The molecule has 0 saturated heterocycles. The first kappa shape index (κ1) is 18.5. The first-order valence-corrected chi connectivity index (χ1v) is 8.35. The fraction of sp³-hybridized carbons (Fsp3) is 0.263. The Hall–Kier alpha value is -3.29. The average molecular weight is 370 g/mol. The minimum absolute atomic E-state index is 0.0901. The standard InChI is InChI=1S/C19H19FN4O3/c1-10-4-5-15-14(9-24(3)22-15)18(10)12-6-11(2)19(20)13(7-12)16(21-23-27)8-17(25)26/h4-7,9,16H,8H2,1-3H3,(H,21,27)(H,25,26). The fourth-order valence-electron chi connectivity index (χ4n) is 3.36. The second kappa shape index (κ2) is 7.14. The van der Waals surface area contributed by atoms with Crippen LogP contribution in [-0.4, -0.2) is 20.9 Å². The van der Waals surface area contributed by atoms with Gasteiger partial charge in [0.15, 0.2) is 0 Å². The van der Waals surface area contributed by atoms with Crippen LogP contribution in [-0.2, 0) is 11.8 Å². The minimum Gasteiger partial charge on any atom is -0.481 e. The molecular formula is C19H19FN4O3. The number of rotatable bonds is 6. The normalized spacial score (nSPS) is 12.1. The summed E-state index contributed by atoms with van der Waals surface area (Å²) in [5.41, 5.74) is 6.00. The molecule has 0 radical (unpaired) electrons. The number of aliphatic carboxylic acids is 1. The molecule has 1 heterocycles. The van der Waals surface area contributed by atoms with Crippen molar-refractivity contribution >= 4 is 16.9 Å². The summed E-state index contributed by atoms with van der Waals surface area (Å²) in [5, 5.41) is 17.0. The number of carboxylic acid groups (broad SMARTS) is 1. The van der Waals surface area contributed by atoms with Gasteiger partial charge < -0.3 is 5.11 Å². The zero-order chi connectivity index (χ0) is 19.7. The zero-order valence-corrected chi connectivity index (χ0v) is 15.2. The van der Waals surface area contributed by atoms with Crippen LogP contribution >= 0.6 is 0 Å². The molecule has 2 aromatic carbocycles. The number of carboxylic acids is 1. The molecule has 0 saturated carbocycles. The van der Waals surface area contributed by atoms with Crippen LogP contribution in [0.2, 0.25) is 0 Å².